The third-order valence-corrected chi connectivity index (χ3v) is 2.62. The third kappa shape index (κ3) is 2.11. The summed E-state index contributed by atoms with van der Waals surface area (Å²) in [6.45, 7) is 2.08. The van der Waals surface area contributed by atoms with Gasteiger partial charge in [-0.25, -0.2) is 8.78 Å². The molecule has 0 atom stereocenters. The summed E-state index contributed by atoms with van der Waals surface area (Å²) in [7, 11) is 0. The van der Waals surface area contributed by atoms with Crippen molar-refractivity contribution in [2.45, 2.75) is 13.3 Å². The first-order valence-corrected chi connectivity index (χ1v) is 5.25. The van der Waals surface area contributed by atoms with Gasteiger partial charge in [-0.2, -0.15) is 0 Å². The molecule has 2 aromatic rings. The normalized spacial score (nSPS) is 10.4. The molecule has 0 aromatic heterocycles. The van der Waals surface area contributed by atoms with Crippen LogP contribution in [-0.2, 0) is 6.42 Å². The molecule has 0 unspecified atom stereocenters. The second kappa shape index (κ2) is 4.44. The minimum Gasteiger partial charge on any atom is -0.204 e. The average Bonchev–Trinajstić information content (AvgIpc) is 2.33. The van der Waals surface area contributed by atoms with Crippen molar-refractivity contribution in [2.24, 2.45) is 0 Å². The summed E-state index contributed by atoms with van der Waals surface area (Å²) in [5.41, 5.74) is 2.82. The van der Waals surface area contributed by atoms with Crippen LogP contribution in [0.4, 0.5) is 8.78 Å². The Labute approximate surface area is 93.5 Å². The van der Waals surface area contributed by atoms with Gasteiger partial charge in [-0.05, 0) is 35.2 Å². The van der Waals surface area contributed by atoms with Crippen molar-refractivity contribution in [2.75, 3.05) is 0 Å². The molecule has 0 bridgehead atoms. The largest absolute Gasteiger partial charge is 0.204 e. The highest BCUT2D eigenvalue weighted by Gasteiger charge is 2.04. The summed E-state index contributed by atoms with van der Waals surface area (Å²) in [5, 5.41) is 0. The van der Waals surface area contributed by atoms with Crippen LogP contribution in [-0.4, -0.2) is 0 Å². The van der Waals surface area contributed by atoms with Crippen LogP contribution in [0.25, 0.3) is 11.1 Å². The van der Waals surface area contributed by atoms with Gasteiger partial charge in [-0.3, -0.25) is 0 Å². The van der Waals surface area contributed by atoms with Crippen LogP contribution in [0.2, 0.25) is 0 Å². The third-order valence-electron chi connectivity index (χ3n) is 2.62. The van der Waals surface area contributed by atoms with Gasteiger partial charge < -0.3 is 0 Å². The fourth-order valence-corrected chi connectivity index (χ4v) is 1.61. The second-order valence-corrected chi connectivity index (χ2v) is 3.68. The maximum Gasteiger partial charge on any atom is 0.159 e. The van der Waals surface area contributed by atoms with Crippen molar-refractivity contribution in [1.82, 2.24) is 0 Å². The van der Waals surface area contributed by atoms with Crippen LogP contribution >= 0.6 is 0 Å². The molecule has 0 amide bonds. The fourth-order valence-electron chi connectivity index (χ4n) is 1.61. The van der Waals surface area contributed by atoms with Gasteiger partial charge >= 0.3 is 0 Å². The highest BCUT2D eigenvalue weighted by atomic mass is 19.2. The molecule has 16 heavy (non-hydrogen) atoms. The highest BCUT2D eigenvalue weighted by Crippen LogP contribution is 2.21. The molecular weight excluding hydrogens is 206 g/mol. The van der Waals surface area contributed by atoms with E-state index in [0.717, 1.165) is 18.1 Å². The Bertz CT molecular complexity index is 487. The van der Waals surface area contributed by atoms with Crippen molar-refractivity contribution in [3.05, 3.63) is 59.7 Å². The number of hydrogen-bond donors (Lipinski definition) is 0. The Morgan fingerprint density at radius 3 is 2.00 bits per heavy atom. The van der Waals surface area contributed by atoms with Gasteiger partial charge in [-0.1, -0.05) is 37.3 Å². The van der Waals surface area contributed by atoms with E-state index < -0.39 is 11.6 Å². The lowest BCUT2D eigenvalue weighted by Gasteiger charge is -2.03. The average molecular weight is 218 g/mol. The molecule has 2 heteroatoms. The van der Waals surface area contributed by atoms with E-state index in [0.29, 0.717) is 5.56 Å². The highest BCUT2D eigenvalue weighted by molar-refractivity contribution is 5.63. The topological polar surface area (TPSA) is 0 Å². The first kappa shape index (κ1) is 10.8. The van der Waals surface area contributed by atoms with Crippen molar-refractivity contribution in [3.8, 4) is 11.1 Å². The van der Waals surface area contributed by atoms with Gasteiger partial charge in [0.2, 0.25) is 0 Å². The minimum atomic E-state index is -0.811. The first-order valence-electron chi connectivity index (χ1n) is 5.25. The summed E-state index contributed by atoms with van der Waals surface area (Å²) >= 11 is 0. The number of halogens is 2. The summed E-state index contributed by atoms with van der Waals surface area (Å²) < 4.78 is 25.8. The first-order chi connectivity index (χ1) is 7.70. The maximum absolute atomic E-state index is 13.0. The van der Waals surface area contributed by atoms with E-state index in [-0.39, 0.29) is 0 Å². The smallest absolute Gasteiger partial charge is 0.159 e. The van der Waals surface area contributed by atoms with Gasteiger partial charge in [0, 0.05) is 0 Å². The molecule has 0 radical (unpaired) electrons. The van der Waals surface area contributed by atoms with E-state index in [4.69, 9.17) is 0 Å². The summed E-state index contributed by atoms with van der Waals surface area (Å²) in [5.74, 6) is -1.62. The molecular formula is C14H12F2. The number of aryl methyl sites for hydroxylation is 1. The molecule has 0 spiro atoms. The van der Waals surface area contributed by atoms with Gasteiger partial charge in [0.15, 0.2) is 11.6 Å². The molecule has 0 aliphatic carbocycles. The predicted molar refractivity (Wildman–Crippen MR) is 61.2 cm³/mol. The van der Waals surface area contributed by atoms with Crippen LogP contribution in [0.3, 0.4) is 0 Å². The summed E-state index contributed by atoms with van der Waals surface area (Å²) in [6, 6.07) is 11.8. The number of benzene rings is 2. The van der Waals surface area contributed by atoms with E-state index in [9.17, 15) is 8.78 Å². The molecule has 0 saturated carbocycles. The van der Waals surface area contributed by atoms with Gasteiger partial charge in [0.25, 0.3) is 0 Å². The molecule has 0 fully saturated rings. The molecule has 0 nitrogen and oxygen atoms in total. The van der Waals surface area contributed by atoms with Gasteiger partial charge in [0.05, 0.1) is 0 Å². The van der Waals surface area contributed by atoms with E-state index >= 15 is 0 Å². The molecule has 2 aromatic carbocycles. The van der Waals surface area contributed by atoms with Crippen molar-refractivity contribution < 1.29 is 8.78 Å². The lowest BCUT2D eigenvalue weighted by molar-refractivity contribution is 0.509. The Morgan fingerprint density at radius 2 is 1.44 bits per heavy atom. The number of hydrogen-bond acceptors (Lipinski definition) is 0. The zero-order valence-electron chi connectivity index (χ0n) is 9.00. The van der Waals surface area contributed by atoms with Crippen molar-refractivity contribution >= 4 is 0 Å². The van der Waals surface area contributed by atoms with E-state index in [2.05, 4.69) is 6.92 Å². The van der Waals surface area contributed by atoms with Gasteiger partial charge in [-0.15, -0.1) is 0 Å². The SMILES string of the molecule is CCc1ccc(-c2ccc(F)c(F)c2)cc1. The van der Waals surface area contributed by atoms with Crippen LogP contribution in [0.5, 0.6) is 0 Å². The Hall–Kier alpha value is -1.70. The Kier molecular flexibility index (Phi) is 3.00. The van der Waals surface area contributed by atoms with Crippen LogP contribution in [0.1, 0.15) is 12.5 Å². The molecule has 2 rings (SSSR count). The predicted octanol–water partition coefficient (Wildman–Crippen LogP) is 4.19. The molecule has 0 saturated heterocycles. The zero-order chi connectivity index (χ0) is 11.5. The Morgan fingerprint density at radius 1 is 0.812 bits per heavy atom. The Balaban J connectivity index is 2.38. The molecule has 0 aliphatic heterocycles. The van der Waals surface area contributed by atoms with E-state index in [1.807, 2.05) is 24.3 Å². The lowest BCUT2D eigenvalue weighted by Crippen LogP contribution is -1.86. The minimum absolute atomic E-state index is 0.696. The maximum atomic E-state index is 13.0. The molecule has 0 aliphatic rings. The fraction of sp³-hybridized carbons (Fsp3) is 0.143. The molecule has 0 N–H and O–H groups in total. The zero-order valence-corrected chi connectivity index (χ0v) is 9.00. The van der Waals surface area contributed by atoms with Crippen molar-refractivity contribution in [1.29, 1.82) is 0 Å². The van der Waals surface area contributed by atoms with Crippen LogP contribution < -0.4 is 0 Å². The summed E-state index contributed by atoms with van der Waals surface area (Å²) in [4.78, 5) is 0. The van der Waals surface area contributed by atoms with Crippen LogP contribution in [0.15, 0.2) is 42.5 Å². The summed E-state index contributed by atoms with van der Waals surface area (Å²) in [6.07, 6.45) is 0.970. The second-order valence-electron chi connectivity index (χ2n) is 3.68. The van der Waals surface area contributed by atoms with Crippen LogP contribution in [0, 0.1) is 11.6 Å². The van der Waals surface area contributed by atoms with E-state index in [1.165, 1.54) is 11.6 Å². The standard InChI is InChI=1S/C14H12F2/c1-2-10-3-5-11(6-4-10)12-7-8-13(15)14(16)9-12/h3-9H,2H2,1H3. The van der Waals surface area contributed by atoms with Crippen molar-refractivity contribution in [3.63, 3.8) is 0 Å². The molecule has 0 heterocycles. The monoisotopic (exact) mass is 218 g/mol. The lowest BCUT2D eigenvalue weighted by atomic mass is 10.0. The quantitative estimate of drug-likeness (QED) is 0.708. The number of rotatable bonds is 2. The van der Waals surface area contributed by atoms with Gasteiger partial charge in [0.1, 0.15) is 0 Å². The van der Waals surface area contributed by atoms with E-state index in [1.54, 1.807) is 6.07 Å². The molecule has 82 valence electrons.